The van der Waals surface area contributed by atoms with Crippen LogP contribution >= 0.6 is 34.4 Å². The molecule has 6 heteroatoms. The number of ether oxygens (including phenoxy) is 1. The molecule has 0 bridgehead atoms. The molecule has 1 fully saturated rings. The zero-order valence-electron chi connectivity index (χ0n) is 10.8. The third-order valence-electron chi connectivity index (χ3n) is 2.67. The molecule has 1 amide bonds. The molecule has 0 saturated carbocycles. The van der Waals surface area contributed by atoms with Crippen LogP contribution in [-0.2, 0) is 4.79 Å². The van der Waals surface area contributed by atoms with Crippen molar-refractivity contribution in [2.45, 2.75) is 0 Å². The summed E-state index contributed by atoms with van der Waals surface area (Å²) in [4.78, 5) is 18.3. The number of hydrogen-bond donors (Lipinski definition) is 0. The second-order valence-corrected chi connectivity index (χ2v) is 6.05. The van der Waals surface area contributed by atoms with Crippen LogP contribution in [0.3, 0.4) is 0 Å². The van der Waals surface area contributed by atoms with Gasteiger partial charge in [0.05, 0.1) is 15.6 Å². The van der Waals surface area contributed by atoms with E-state index >= 15 is 0 Å². The van der Waals surface area contributed by atoms with Crippen molar-refractivity contribution in [3.63, 3.8) is 0 Å². The van der Waals surface area contributed by atoms with Gasteiger partial charge in [0.15, 0.2) is 5.17 Å². The standard InChI is InChI=1S/C13H13IN2O2S/c1-15-13-16(2)12(17)11(19-13)7-8-4-5-10(18-3)9(14)6-8/h4-7H,1-3H3. The Morgan fingerprint density at radius 2 is 2.21 bits per heavy atom. The highest BCUT2D eigenvalue weighted by atomic mass is 127. The zero-order chi connectivity index (χ0) is 14.0. The second-order valence-electron chi connectivity index (χ2n) is 3.87. The fourth-order valence-corrected chi connectivity index (χ4v) is 3.36. The lowest BCUT2D eigenvalue weighted by atomic mass is 10.2. The summed E-state index contributed by atoms with van der Waals surface area (Å²) >= 11 is 3.60. The highest BCUT2D eigenvalue weighted by Gasteiger charge is 2.29. The molecule has 0 atom stereocenters. The Labute approximate surface area is 130 Å². The molecule has 1 aliphatic rings. The molecule has 4 nitrogen and oxygen atoms in total. The molecular weight excluding hydrogens is 375 g/mol. The smallest absolute Gasteiger partial charge is 0.266 e. The van der Waals surface area contributed by atoms with Crippen molar-refractivity contribution in [2.24, 2.45) is 4.99 Å². The number of thioether (sulfide) groups is 1. The number of carbonyl (C=O) groups excluding carboxylic acids is 1. The minimum atomic E-state index is -0.0172. The topological polar surface area (TPSA) is 41.9 Å². The number of rotatable bonds is 2. The molecule has 100 valence electrons. The third kappa shape index (κ3) is 2.94. The van der Waals surface area contributed by atoms with Crippen LogP contribution in [0.5, 0.6) is 5.75 Å². The summed E-state index contributed by atoms with van der Waals surface area (Å²) < 4.78 is 6.23. The van der Waals surface area contributed by atoms with Crippen molar-refractivity contribution < 1.29 is 9.53 Å². The van der Waals surface area contributed by atoms with Crippen LogP contribution in [0.4, 0.5) is 0 Å². The number of likely N-dealkylation sites (N-methyl/N-ethyl adjacent to an activating group) is 1. The van der Waals surface area contributed by atoms with Crippen molar-refractivity contribution in [3.8, 4) is 5.75 Å². The average molecular weight is 388 g/mol. The Morgan fingerprint density at radius 1 is 1.47 bits per heavy atom. The van der Waals surface area contributed by atoms with Gasteiger partial charge in [-0.1, -0.05) is 6.07 Å². The van der Waals surface area contributed by atoms with E-state index in [4.69, 9.17) is 4.74 Å². The zero-order valence-corrected chi connectivity index (χ0v) is 13.8. The van der Waals surface area contributed by atoms with Crippen LogP contribution in [0, 0.1) is 3.57 Å². The maximum absolute atomic E-state index is 12.0. The molecular formula is C13H13IN2O2S. The molecule has 0 aromatic heterocycles. The van der Waals surface area contributed by atoms with E-state index < -0.39 is 0 Å². The number of carbonyl (C=O) groups is 1. The van der Waals surface area contributed by atoms with E-state index in [1.807, 2.05) is 24.3 Å². The Bertz CT molecular complexity index is 584. The Balaban J connectivity index is 2.32. The van der Waals surface area contributed by atoms with Crippen LogP contribution < -0.4 is 4.74 Å². The van der Waals surface area contributed by atoms with Crippen molar-refractivity contribution in [2.75, 3.05) is 21.2 Å². The number of amides is 1. The SMILES string of the molecule is CN=C1SC(=Cc2ccc(OC)c(I)c2)C(=O)N1C. The summed E-state index contributed by atoms with van der Waals surface area (Å²) in [5.74, 6) is 0.817. The summed E-state index contributed by atoms with van der Waals surface area (Å²) in [6, 6.07) is 5.82. The van der Waals surface area contributed by atoms with Gasteiger partial charge in [0.2, 0.25) is 0 Å². The molecule has 1 saturated heterocycles. The number of benzene rings is 1. The lowest BCUT2D eigenvalue weighted by Gasteiger charge is -2.05. The van der Waals surface area contributed by atoms with Gasteiger partial charge in [0.25, 0.3) is 5.91 Å². The van der Waals surface area contributed by atoms with E-state index in [9.17, 15) is 4.79 Å². The van der Waals surface area contributed by atoms with Gasteiger partial charge >= 0.3 is 0 Å². The first-order chi connectivity index (χ1) is 9.06. The van der Waals surface area contributed by atoms with Crippen LogP contribution in [0.1, 0.15) is 5.56 Å². The molecule has 1 aromatic carbocycles. The number of aliphatic imine (C=N–C) groups is 1. The van der Waals surface area contributed by atoms with Crippen LogP contribution in [0.25, 0.3) is 6.08 Å². The Hall–Kier alpha value is -1.02. The molecule has 2 rings (SSSR count). The molecule has 0 N–H and O–H groups in total. The largest absolute Gasteiger partial charge is 0.496 e. The van der Waals surface area contributed by atoms with Crippen molar-refractivity contribution in [1.29, 1.82) is 0 Å². The highest BCUT2D eigenvalue weighted by molar-refractivity contribution is 14.1. The molecule has 1 heterocycles. The first kappa shape index (κ1) is 14.4. The van der Waals surface area contributed by atoms with E-state index in [1.54, 1.807) is 26.1 Å². The number of amidine groups is 1. The van der Waals surface area contributed by atoms with E-state index in [0.717, 1.165) is 20.1 Å². The maximum atomic E-state index is 12.0. The lowest BCUT2D eigenvalue weighted by Crippen LogP contribution is -2.23. The lowest BCUT2D eigenvalue weighted by molar-refractivity contribution is -0.121. The fraction of sp³-hybridized carbons (Fsp3) is 0.231. The number of methoxy groups -OCH3 is 1. The summed E-state index contributed by atoms with van der Waals surface area (Å²) in [6.07, 6.45) is 1.88. The molecule has 19 heavy (non-hydrogen) atoms. The van der Waals surface area contributed by atoms with Crippen LogP contribution in [0.15, 0.2) is 28.1 Å². The van der Waals surface area contributed by atoms with Gasteiger partial charge in [-0.2, -0.15) is 0 Å². The number of nitrogens with zero attached hydrogens (tertiary/aromatic N) is 2. The van der Waals surface area contributed by atoms with Crippen molar-refractivity contribution >= 4 is 51.5 Å². The van der Waals surface area contributed by atoms with E-state index in [0.29, 0.717) is 4.91 Å². The number of hydrogen-bond acceptors (Lipinski definition) is 4. The second kappa shape index (κ2) is 5.96. The van der Waals surface area contributed by atoms with Gasteiger partial charge in [0.1, 0.15) is 5.75 Å². The fourth-order valence-electron chi connectivity index (χ4n) is 1.67. The monoisotopic (exact) mass is 388 g/mol. The Morgan fingerprint density at radius 3 is 2.74 bits per heavy atom. The van der Waals surface area contributed by atoms with Gasteiger partial charge in [-0.05, 0) is 58.1 Å². The van der Waals surface area contributed by atoms with Crippen LogP contribution in [0.2, 0.25) is 0 Å². The van der Waals surface area contributed by atoms with E-state index in [2.05, 4.69) is 27.6 Å². The minimum absolute atomic E-state index is 0.0172. The van der Waals surface area contributed by atoms with Gasteiger partial charge in [-0.25, -0.2) is 0 Å². The summed E-state index contributed by atoms with van der Waals surface area (Å²) in [6.45, 7) is 0. The van der Waals surface area contributed by atoms with E-state index in [1.165, 1.54) is 11.8 Å². The number of halogens is 1. The summed E-state index contributed by atoms with van der Waals surface area (Å²) in [5, 5.41) is 0.722. The third-order valence-corrected chi connectivity index (χ3v) is 4.66. The van der Waals surface area contributed by atoms with E-state index in [-0.39, 0.29) is 5.91 Å². The predicted octanol–water partition coefficient (Wildman–Crippen LogP) is 2.83. The molecule has 1 aromatic rings. The first-order valence-corrected chi connectivity index (χ1v) is 7.44. The molecule has 1 aliphatic heterocycles. The van der Waals surface area contributed by atoms with Crippen LogP contribution in [-0.4, -0.2) is 37.2 Å². The molecule has 0 unspecified atom stereocenters. The molecule has 0 radical (unpaired) electrons. The van der Waals surface area contributed by atoms with Crippen molar-refractivity contribution in [1.82, 2.24) is 4.90 Å². The first-order valence-electron chi connectivity index (χ1n) is 5.54. The highest BCUT2D eigenvalue weighted by Crippen LogP contribution is 2.32. The molecule has 0 aliphatic carbocycles. The summed E-state index contributed by atoms with van der Waals surface area (Å²) in [5.41, 5.74) is 0.979. The molecule has 0 spiro atoms. The predicted molar refractivity (Wildman–Crippen MR) is 87.4 cm³/mol. The van der Waals surface area contributed by atoms with Gasteiger partial charge in [-0.15, -0.1) is 0 Å². The maximum Gasteiger partial charge on any atom is 0.266 e. The Kier molecular flexibility index (Phi) is 4.51. The quantitative estimate of drug-likeness (QED) is 0.578. The van der Waals surface area contributed by atoms with Gasteiger partial charge < -0.3 is 4.74 Å². The van der Waals surface area contributed by atoms with Gasteiger partial charge in [-0.3, -0.25) is 14.7 Å². The van der Waals surface area contributed by atoms with Gasteiger partial charge in [0, 0.05) is 14.1 Å². The summed E-state index contributed by atoms with van der Waals surface area (Å²) in [7, 11) is 5.06. The van der Waals surface area contributed by atoms with Crippen molar-refractivity contribution in [3.05, 3.63) is 32.2 Å². The minimum Gasteiger partial charge on any atom is -0.496 e. The average Bonchev–Trinajstić information content (AvgIpc) is 2.67. The normalized spacial score (nSPS) is 19.6.